The third-order valence-corrected chi connectivity index (χ3v) is 2.80. The van der Waals surface area contributed by atoms with Crippen molar-refractivity contribution in [2.24, 2.45) is 11.1 Å². The van der Waals surface area contributed by atoms with E-state index in [1.807, 2.05) is 13.8 Å². The Labute approximate surface area is 107 Å². The van der Waals surface area contributed by atoms with E-state index in [2.05, 4.69) is 10.3 Å². The number of nitrogens with zero attached hydrogens (tertiary/aromatic N) is 1. The van der Waals surface area contributed by atoms with Crippen molar-refractivity contribution in [2.45, 2.75) is 26.7 Å². The third-order valence-electron chi connectivity index (χ3n) is 2.80. The second-order valence-electron chi connectivity index (χ2n) is 5.09. The van der Waals surface area contributed by atoms with Gasteiger partial charge in [-0.3, -0.25) is 9.78 Å². The molecule has 0 atom stereocenters. The first-order chi connectivity index (χ1) is 8.46. The zero-order chi connectivity index (χ0) is 13.6. The van der Waals surface area contributed by atoms with E-state index in [4.69, 9.17) is 5.73 Å². The molecular weight excluding hydrogens is 233 g/mol. The summed E-state index contributed by atoms with van der Waals surface area (Å²) in [5.74, 6) is -1.01. The molecule has 1 heterocycles. The van der Waals surface area contributed by atoms with Crippen LogP contribution in [0, 0.1) is 11.2 Å². The molecule has 0 spiro atoms. The largest absolute Gasteiger partial charge is 0.351 e. The lowest BCUT2D eigenvalue weighted by Gasteiger charge is -2.24. The molecule has 0 aromatic carbocycles. The quantitative estimate of drug-likeness (QED) is 0.811. The lowest BCUT2D eigenvalue weighted by Crippen LogP contribution is -2.34. The predicted octanol–water partition coefficient (Wildman–Crippen LogP) is 1.72. The molecule has 0 radical (unpaired) electrons. The molecule has 1 rings (SSSR count). The van der Waals surface area contributed by atoms with E-state index in [1.54, 1.807) is 0 Å². The van der Waals surface area contributed by atoms with Gasteiger partial charge in [-0.05, 0) is 30.9 Å². The van der Waals surface area contributed by atoms with Crippen LogP contribution in [-0.2, 0) is 0 Å². The summed E-state index contributed by atoms with van der Waals surface area (Å²) in [6.07, 6.45) is 4.27. The van der Waals surface area contributed by atoms with E-state index in [-0.39, 0.29) is 11.0 Å². The summed E-state index contributed by atoms with van der Waals surface area (Å²) in [5.41, 5.74) is 5.44. The van der Waals surface area contributed by atoms with Gasteiger partial charge in [0, 0.05) is 12.7 Å². The van der Waals surface area contributed by atoms with Crippen LogP contribution in [0.3, 0.4) is 0 Å². The van der Waals surface area contributed by atoms with Crippen molar-refractivity contribution < 1.29 is 9.18 Å². The van der Waals surface area contributed by atoms with Crippen LogP contribution in [0.15, 0.2) is 18.5 Å². The Hall–Kier alpha value is -1.49. The van der Waals surface area contributed by atoms with Gasteiger partial charge in [-0.15, -0.1) is 0 Å². The molecule has 0 unspecified atom stereocenters. The van der Waals surface area contributed by atoms with Crippen molar-refractivity contribution >= 4 is 5.91 Å². The van der Waals surface area contributed by atoms with Gasteiger partial charge < -0.3 is 11.1 Å². The van der Waals surface area contributed by atoms with Gasteiger partial charge in [0.15, 0.2) is 5.82 Å². The summed E-state index contributed by atoms with van der Waals surface area (Å²) >= 11 is 0. The van der Waals surface area contributed by atoms with Gasteiger partial charge in [-0.2, -0.15) is 0 Å². The number of halogens is 1. The maximum Gasteiger partial charge on any atom is 0.254 e. The molecule has 1 amide bonds. The number of hydrogen-bond donors (Lipinski definition) is 2. The second-order valence-corrected chi connectivity index (χ2v) is 5.09. The monoisotopic (exact) mass is 253 g/mol. The van der Waals surface area contributed by atoms with Gasteiger partial charge in [0.2, 0.25) is 0 Å². The molecule has 4 nitrogen and oxygen atoms in total. The third kappa shape index (κ3) is 4.41. The number of carbonyl (C=O) groups excluding carboxylic acids is 1. The Morgan fingerprint density at radius 3 is 2.89 bits per heavy atom. The number of aromatic nitrogens is 1. The van der Waals surface area contributed by atoms with Crippen LogP contribution in [0.2, 0.25) is 0 Å². The van der Waals surface area contributed by atoms with Gasteiger partial charge >= 0.3 is 0 Å². The fourth-order valence-corrected chi connectivity index (χ4v) is 1.64. The van der Waals surface area contributed by atoms with Crippen molar-refractivity contribution in [2.75, 3.05) is 13.1 Å². The van der Waals surface area contributed by atoms with Gasteiger partial charge in [-0.1, -0.05) is 13.8 Å². The molecule has 5 heteroatoms. The molecule has 0 saturated carbocycles. The highest BCUT2D eigenvalue weighted by Crippen LogP contribution is 2.20. The van der Waals surface area contributed by atoms with Gasteiger partial charge in [0.1, 0.15) is 0 Å². The van der Waals surface area contributed by atoms with E-state index in [0.717, 1.165) is 19.0 Å². The highest BCUT2D eigenvalue weighted by Gasteiger charge is 2.19. The smallest absolute Gasteiger partial charge is 0.254 e. The topological polar surface area (TPSA) is 68.0 Å². The first-order valence-electron chi connectivity index (χ1n) is 6.04. The number of nitrogens with two attached hydrogens (primary N) is 1. The minimum absolute atomic E-state index is 0.0274. The minimum atomic E-state index is -0.602. The molecule has 1 aromatic rings. The highest BCUT2D eigenvalue weighted by molar-refractivity contribution is 5.94. The fraction of sp³-hybridized carbons (Fsp3) is 0.538. The van der Waals surface area contributed by atoms with Gasteiger partial charge in [0.25, 0.3) is 5.91 Å². The van der Waals surface area contributed by atoms with Crippen molar-refractivity contribution in [3.8, 4) is 0 Å². The minimum Gasteiger partial charge on any atom is -0.351 e. The van der Waals surface area contributed by atoms with Crippen LogP contribution in [0.5, 0.6) is 0 Å². The number of rotatable bonds is 6. The molecule has 0 aliphatic rings. The summed E-state index contributed by atoms with van der Waals surface area (Å²) in [4.78, 5) is 15.4. The molecule has 0 aliphatic heterocycles. The van der Waals surface area contributed by atoms with Crippen molar-refractivity contribution in [3.05, 3.63) is 29.8 Å². The molecule has 0 fully saturated rings. The summed E-state index contributed by atoms with van der Waals surface area (Å²) in [5, 5.41) is 2.74. The van der Waals surface area contributed by atoms with Crippen molar-refractivity contribution in [1.29, 1.82) is 0 Å². The van der Waals surface area contributed by atoms with Crippen molar-refractivity contribution in [3.63, 3.8) is 0 Å². The molecule has 3 N–H and O–H groups in total. The Morgan fingerprint density at radius 1 is 1.56 bits per heavy atom. The SMILES string of the molecule is CC(C)(CCCN)CNC(=O)c1ccncc1F. The molecule has 0 bridgehead atoms. The van der Waals surface area contributed by atoms with E-state index >= 15 is 0 Å². The maximum atomic E-state index is 13.3. The molecule has 0 saturated heterocycles. The second kappa shape index (κ2) is 6.44. The number of carbonyl (C=O) groups is 1. The van der Waals surface area contributed by atoms with Crippen LogP contribution in [-0.4, -0.2) is 24.0 Å². The van der Waals surface area contributed by atoms with Crippen LogP contribution in [0.4, 0.5) is 4.39 Å². The molecular formula is C13H20FN3O. The standard InChI is InChI=1S/C13H20FN3O/c1-13(2,5-3-6-15)9-17-12(18)10-4-7-16-8-11(10)14/h4,7-8H,3,5-6,9,15H2,1-2H3,(H,17,18). The average Bonchev–Trinajstić information content (AvgIpc) is 2.34. The highest BCUT2D eigenvalue weighted by atomic mass is 19.1. The maximum absolute atomic E-state index is 13.3. The molecule has 18 heavy (non-hydrogen) atoms. The van der Waals surface area contributed by atoms with E-state index < -0.39 is 11.7 Å². The lowest BCUT2D eigenvalue weighted by molar-refractivity contribution is 0.0930. The van der Waals surface area contributed by atoms with E-state index in [9.17, 15) is 9.18 Å². The normalized spacial score (nSPS) is 11.3. The average molecular weight is 253 g/mol. The van der Waals surface area contributed by atoms with Crippen LogP contribution >= 0.6 is 0 Å². The Kier molecular flexibility index (Phi) is 5.22. The zero-order valence-corrected chi connectivity index (χ0v) is 10.9. The Balaban J connectivity index is 2.54. The summed E-state index contributed by atoms with van der Waals surface area (Å²) in [7, 11) is 0. The van der Waals surface area contributed by atoms with Crippen LogP contribution in [0.25, 0.3) is 0 Å². The van der Waals surface area contributed by atoms with Gasteiger partial charge in [-0.25, -0.2) is 4.39 Å². The summed E-state index contributed by atoms with van der Waals surface area (Å²) in [6, 6.07) is 1.37. The van der Waals surface area contributed by atoms with Gasteiger partial charge in [0.05, 0.1) is 11.8 Å². The van der Waals surface area contributed by atoms with Crippen molar-refractivity contribution in [1.82, 2.24) is 10.3 Å². The van der Waals surface area contributed by atoms with Crippen LogP contribution < -0.4 is 11.1 Å². The summed E-state index contributed by atoms with van der Waals surface area (Å²) in [6.45, 7) is 5.22. The molecule has 100 valence electrons. The summed E-state index contributed by atoms with van der Waals surface area (Å²) < 4.78 is 13.3. The number of amides is 1. The predicted molar refractivity (Wildman–Crippen MR) is 68.6 cm³/mol. The first-order valence-corrected chi connectivity index (χ1v) is 6.04. The molecule has 1 aromatic heterocycles. The van der Waals surface area contributed by atoms with E-state index in [1.165, 1.54) is 12.3 Å². The molecule has 0 aliphatic carbocycles. The number of nitrogens with one attached hydrogen (secondary N) is 1. The first kappa shape index (κ1) is 14.6. The van der Waals surface area contributed by atoms with Crippen LogP contribution in [0.1, 0.15) is 37.0 Å². The number of pyridine rings is 1. The zero-order valence-electron chi connectivity index (χ0n) is 10.9. The van der Waals surface area contributed by atoms with E-state index in [0.29, 0.717) is 13.1 Å². The lowest BCUT2D eigenvalue weighted by atomic mass is 9.87. The Bertz CT molecular complexity index is 407. The fourth-order valence-electron chi connectivity index (χ4n) is 1.64. The number of hydrogen-bond acceptors (Lipinski definition) is 3. The Morgan fingerprint density at radius 2 is 2.28 bits per heavy atom.